The third kappa shape index (κ3) is 2.80. The molecule has 3 aromatic rings. The van der Waals surface area contributed by atoms with Gasteiger partial charge in [0.2, 0.25) is 0 Å². The fraction of sp³-hybridized carbons (Fsp3) is 0.150. The maximum atomic E-state index is 13.1. The van der Waals surface area contributed by atoms with E-state index in [9.17, 15) is 18.0 Å². The van der Waals surface area contributed by atoms with Gasteiger partial charge in [-0.05, 0) is 24.6 Å². The van der Waals surface area contributed by atoms with Crippen LogP contribution in [0.25, 0.3) is 22.5 Å². The van der Waals surface area contributed by atoms with Crippen molar-refractivity contribution in [3.8, 4) is 22.5 Å². The number of nitrogens with one attached hydrogen (secondary N) is 1. The molecule has 0 fully saturated rings. The fourth-order valence-electron chi connectivity index (χ4n) is 3.44. The highest BCUT2D eigenvalue weighted by atomic mass is 32.2. The summed E-state index contributed by atoms with van der Waals surface area (Å²) in [5.74, 6) is -0.186. The lowest BCUT2D eigenvalue weighted by atomic mass is 9.97. The molecule has 0 atom stereocenters. The Morgan fingerprint density at radius 3 is 2.41 bits per heavy atom. The van der Waals surface area contributed by atoms with Gasteiger partial charge in [0.25, 0.3) is 0 Å². The van der Waals surface area contributed by atoms with Crippen molar-refractivity contribution in [3.63, 3.8) is 0 Å². The summed E-state index contributed by atoms with van der Waals surface area (Å²) in [5, 5.41) is 7.20. The molecule has 4 rings (SSSR count). The SMILES string of the molecule is CC(=O)Cc1cccc2c1C(=O)c1c(-c3ccc(S(C)(=O)=O)cc3)n[nH]c1-2. The number of hydrogen-bond acceptors (Lipinski definition) is 5. The van der Waals surface area contributed by atoms with Gasteiger partial charge in [0.15, 0.2) is 15.6 Å². The average molecular weight is 380 g/mol. The van der Waals surface area contributed by atoms with Crippen LogP contribution in [0.5, 0.6) is 0 Å². The van der Waals surface area contributed by atoms with E-state index in [1.54, 1.807) is 18.2 Å². The Morgan fingerprint density at radius 2 is 1.78 bits per heavy atom. The fourth-order valence-corrected chi connectivity index (χ4v) is 4.07. The molecule has 0 saturated carbocycles. The number of fused-ring (bicyclic) bond motifs is 3. The molecule has 27 heavy (non-hydrogen) atoms. The van der Waals surface area contributed by atoms with E-state index in [-0.39, 0.29) is 22.9 Å². The Bertz CT molecular complexity index is 1210. The van der Waals surface area contributed by atoms with E-state index < -0.39 is 9.84 Å². The molecular weight excluding hydrogens is 364 g/mol. The van der Waals surface area contributed by atoms with E-state index in [4.69, 9.17) is 0 Å². The van der Waals surface area contributed by atoms with Crippen LogP contribution < -0.4 is 0 Å². The number of H-pyrrole nitrogens is 1. The van der Waals surface area contributed by atoms with Gasteiger partial charge in [0.1, 0.15) is 11.5 Å². The Balaban J connectivity index is 1.82. The Kier molecular flexibility index (Phi) is 3.85. The number of benzene rings is 2. The number of carbonyl (C=O) groups is 2. The van der Waals surface area contributed by atoms with Gasteiger partial charge in [-0.3, -0.25) is 14.7 Å². The lowest BCUT2D eigenvalue weighted by Crippen LogP contribution is -2.06. The molecule has 0 saturated heterocycles. The first-order valence-electron chi connectivity index (χ1n) is 8.32. The zero-order chi connectivity index (χ0) is 19.3. The second-order valence-corrected chi connectivity index (χ2v) is 8.68. The second kappa shape index (κ2) is 5.99. The molecule has 6 nitrogen and oxygen atoms in total. The molecule has 0 unspecified atom stereocenters. The molecule has 1 aliphatic rings. The number of sulfone groups is 1. The highest BCUT2D eigenvalue weighted by molar-refractivity contribution is 7.90. The predicted octanol–water partition coefficient (Wildman–Crippen LogP) is 2.82. The van der Waals surface area contributed by atoms with Gasteiger partial charge in [0, 0.05) is 29.4 Å². The number of carbonyl (C=O) groups excluding carboxylic acids is 2. The van der Waals surface area contributed by atoms with Crippen molar-refractivity contribution in [1.29, 1.82) is 0 Å². The molecule has 0 aliphatic heterocycles. The van der Waals surface area contributed by atoms with Crippen LogP contribution in [0.3, 0.4) is 0 Å². The van der Waals surface area contributed by atoms with Crippen LogP contribution in [0.2, 0.25) is 0 Å². The molecule has 136 valence electrons. The van der Waals surface area contributed by atoms with Crippen molar-refractivity contribution in [2.75, 3.05) is 6.26 Å². The van der Waals surface area contributed by atoms with Crippen molar-refractivity contribution >= 4 is 21.4 Å². The molecule has 0 amide bonds. The van der Waals surface area contributed by atoms with Gasteiger partial charge in [-0.15, -0.1) is 0 Å². The minimum atomic E-state index is -3.30. The molecule has 2 aromatic carbocycles. The molecule has 7 heteroatoms. The standard InChI is InChI=1S/C20H16N2O4S/c1-11(23)10-13-4-3-5-15-16(13)20(24)17-18(21-22-19(15)17)12-6-8-14(9-7-12)27(2,25)26/h3-9H,10H2,1-2H3,(H,21,22). The van der Waals surface area contributed by atoms with Crippen molar-refractivity contribution in [1.82, 2.24) is 10.2 Å². The minimum Gasteiger partial charge on any atom is -0.300 e. The van der Waals surface area contributed by atoms with Crippen LogP contribution in [0.15, 0.2) is 47.4 Å². The first kappa shape index (κ1) is 17.4. The number of rotatable bonds is 4. The third-order valence-electron chi connectivity index (χ3n) is 4.64. The molecule has 1 N–H and O–H groups in total. The summed E-state index contributed by atoms with van der Waals surface area (Å²) in [7, 11) is -3.30. The number of aromatic nitrogens is 2. The van der Waals surface area contributed by atoms with Crippen LogP contribution in [-0.2, 0) is 21.1 Å². The quantitative estimate of drug-likeness (QED) is 0.587. The summed E-state index contributed by atoms with van der Waals surface area (Å²) in [4.78, 5) is 24.9. The zero-order valence-electron chi connectivity index (χ0n) is 14.7. The largest absolute Gasteiger partial charge is 0.300 e. The first-order valence-corrected chi connectivity index (χ1v) is 10.2. The highest BCUT2D eigenvalue weighted by Crippen LogP contribution is 2.41. The maximum Gasteiger partial charge on any atom is 0.198 e. The normalized spacial score (nSPS) is 12.7. The maximum absolute atomic E-state index is 13.1. The van der Waals surface area contributed by atoms with Gasteiger partial charge >= 0.3 is 0 Å². The monoisotopic (exact) mass is 380 g/mol. The summed E-state index contributed by atoms with van der Waals surface area (Å²) >= 11 is 0. The Hall–Kier alpha value is -3.06. The summed E-state index contributed by atoms with van der Waals surface area (Å²) < 4.78 is 23.3. The molecule has 0 radical (unpaired) electrons. The molecular formula is C20H16N2O4S. The predicted molar refractivity (Wildman–Crippen MR) is 100 cm³/mol. The van der Waals surface area contributed by atoms with Crippen molar-refractivity contribution < 1.29 is 18.0 Å². The summed E-state index contributed by atoms with van der Waals surface area (Å²) in [5.41, 5.74) is 4.17. The van der Waals surface area contributed by atoms with E-state index in [1.165, 1.54) is 19.1 Å². The second-order valence-electron chi connectivity index (χ2n) is 6.67. The Morgan fingerprint density at radius 1 is 1.07 bits per heavy atom. The number of Topliss-reactive ketones (excluding diaryl/α,β-unsaturated/α-hetero) is 1. The molecule has 0 bridgehead atoms. The average Bonchev–Trinajstić information content (AvgIpc) is 3.15. The van der Waals surface area contributed by atoms with E-state index in [0.717, 1.165) is 11.8 Å². The van der Waals surface area contributed by atoms with Crippen molar-refractivity contribution in [2.45, 2.75) is 18.2 Å². The topological polar surface area (TPSA) is 97.0 Å². The lowest BCUT2D eigenvalue weighted by Gasteiger charge is -2.06. The van der Waals surface area contributed by atoms with E-state index >= 15 is 0 Å². The van der Waals surface area contributed by atoms with Crippen molar-refractivity contribution in [2.24, 2.45) is 0 Å². The van der Waals surface area contributed by atoms with E-state index in [2.05, 4.69) is 10.2 Å². The number of ketones is 2. The number of hydrogen-bond donors (Lipinski definition) is 1. The van der Waals surface area contributed by atoms with Crippen LogP contribution in [0.1, 0.15) is 28.4 Å². The van der Waals surface area contributed by atoms with Crippen molar-refractivity contribution in [3.05, 3.63) is 59.2 Å². The van der Waals surface area contributed by atoms with E-state index in [1.807, 2.05) is 12.1 Å². The third-order valence-corrected chi connectivity index (χ3v) is 5.76. The van der Waals surface area contributed by atoms with Gasteiger partial charge in [-0.1, -0.05) is 30.3 Å². The van der Waals surface area contributed by atoms with Crippen LogP contribution in [-0.4, -0.2) is 36.4 Å². The number of nitrogens with zero attached hydrogens (tertiary/aromatic N) is 1. The van der Waals surface area contributed by atoms with Crippen LogP contribution in [0, 0.1) is 0 Å². The first-order chi connectivity index (χ1) is 12.8. The smallest absolute Gasteiger partial charge is 0.198 e. The van der Waals surface area contributed by atoms with Crippen LogP contribution in [0.4, 0.5) is 0 Å². The highest BCUT2D eigenvalue weighted by Gasteiger charge is 2.34. The molecule has 0 spiro atoms. The molecule has 1 heterocycles. The summed E-state index contributed by atoms with van der Waals surface area (Å²) in [6.07, 6.45) is 1.34. The zero-order valence-corrected chi connectivity index (χ0v) is 15.6. The van der Waals surface area contributed by atoms with Gasteiger partial charge in [-0.25, -0.2) is 8.42 Å². The van der Waals surface area contributed by atoms with Gasteiger partial charge < -0.3 is 0 Å². The number of aromatic amines is 1. The van der Waals surface area contributed by atoms with E-state index in [0.29, 0.717) is 33.6 Å². The molecule has 1 aromatic heterocycles. The Labute approximate surface area is 156 Å². The summed E-state index contributed by atoms with van der Waals surface area (Å²) in [6, 6.07) is 11.7. The lowest BCUT2D eigenvalue weighted by molar-refractivity contribution is -0.116. The summed E-state index contributed by atoms with van der Waals surface area (Å²) in [6.45, 7) is 1.49. The van der Waals surface area contributed by atoms with Gasteiger partial charge in [-0.2, -0.15) is 5.10 Å². The minimum absolute atomic E-state index is 0.0125. The van der Waals surface area contributed by atoms with Crippen LogP contribution >= 0.6 is 0 Å². The molecule has 1 aliphatic carbocycles. The van der Waals surface area contributed by atoms with Gasteiger partial charge in [0.05, 0.1) is 16.2 Å².